The molecule has 1 fully saturated rings. The van der Waals surface area contributed by atoms with Crippen molar-refractivity contribution in [2.75, 3.05) is 19.0 Å². The van der Waals surface area contributed by atoms with Gasteiger partial charge >= 0.3 is 5.97 Å². The summed E-state index contributed by atoms with van der Waals surface area (Å²) in [5.41, 5.74) is 1.78. The van der Waals surface area contributed by atoms with Gasteiger partial charge in [-0.3, -0.25) is 4.79 Å². The van der Waals surface area contributed by atoms with Crippen molar-refractivity contribution in [3.8, 4) is 5.75 Å². The molecule has 7 heteroatoms. The van der Waals surface area contributed by atoms with Gasteiger partial charge < -0.3 is 20.5 Å². The molecule has 1 saturated carbocycles. The van der Waals surface area contributed by atoms with Crippen LogP contribution in [-0.4, -0.2) is 41.7 Å². The smallest absolute Gasteiger partial charge is 0.326 e. The van der Waals surface area contributed by atoms with Gasteiger partial charge in [0.2, 0.25) is 5.91 Å². The summed E-state index contributed by atoms with van der Waals surface area (Å²) in [4.78, 5) is 27.7. The topological polar surface area (TPSA) is 101 Å². The first-order chi connectivity index (χ1) is 13.5. The number of carbonyl (C=O) groups excluding carboxylic acids is 1. The first-order valence-corrected chi connectivity index (χ1v) is 9.44. The highest BCUT2D eigenvalue weighted by Crippen LogP contribution is 2.29. The van der Waals surface area contributed by atoms with Crippen molar-refractivity contribution >= 4 is 17.7 Å². The summed E-state index contributed by atoms with van der Waals surface area (Å²) in [6.07, 6.45) is 2.62. The van der Waals surface area contributed by atoms with E-state index in [1.54, 1.807) is 0 Å². The molecule has 148 valence electrons. The van der Waals surface area contributed by atoms with Crippen LogP contribution in [-0.2, 0) is 22.4 Å². The average molecular weight is 383 g/mol. The monoisotopic (exact) mass is 383 g/mol. The minimum atomic E-state index is -1.02. The summed E-state index contributed by atoms with van der Waals surface area (Å²) in [6, 6.07) is 12.2. The number of rotatable bonds is 10. The van der Waals surface area contributed by atoms with E-state index in [0.29, 0.717) is 18.8 Å². The van der Waals surface area contributed by atoms with Crippen LogP contribution in [0, 0.1) is 5.92 Å². The molecule has 3 rings (SSSR count). The van der Waals surface area contributed by atoms with E-state index in [4.69, 9.17) is 4.74 Å². The molecule has 0 saturated heterocycles. The quantitative estimate of drug-likeness (QED) is 0.582. The molecular weight excluding hydrogens is 358 g/mol. The highest BCUT2D eigenvalue weighted by Gasteiger charge is 2.32. The molecule has 0 unspecified atom stereocenters. The molecule has 1 aliphatic rings. The Morgan fingerprint density at radius 3 is 2.61 bits per heavy atom. The Balaban J connectivity index is 1.49. The molecule has 7 nitrogen and oxygen atoms in total. The van der Waals surface area contributed by atoms with Crippen LogP contribution in [0.25, 0.3) is 0 Å². The Hall–Kier alpha value is -3.09. The lowest BCUT2D eigenvalue weighted by Crippen LogP contribution is -2.43. The van der Waals surface area contributed by atoms with Gasteiger partial charge in [0.15, 0.2) is 0 Å². The molecule has 2 aromatic rings. The van der Waals surface area contributed by atoms with Crippen LogP contribution in [0.1, 0.15) is 24.1 Å². The first-order valence-electron chi connectivity index (χ1n) is 9.44. The standard InChI is InChI=1S/C21H25N3O4/c1-22-19-4-2-3-16(23-19)11-12-28-17-9-5-14(6-10-17)13-18(21(26)27)24-20(25)15-7-8-15/h2-6,9-10,15,18H,7-8,11-13H2,1H3,(H,22,23)(H,24,25)(H,26,27)/t18-/m0/s1. The largest absolute Gasteiger partial charge is 0.493 e. The van der Waals surface area contributed by atoms with E-state index in [1.807, 2.05) is 49.5 Å². The number of amides is 1. The van der Waals surface area contributed by atoms with Crippen LogP contribution in [0.3, 0.4) is 0 Å². The maximum absolute atomic E-state index is 11.8. The van der Waals surface area contributed by atoms with E-state index in [2.05, 4.69) is 15.6 Å². The minimum Gasteiger partial charge on any atom is -0.493 e. The second-order valence-corrected chi connectivity index (χ2v) is 6.88. The van der Waals surface area contributed by atoms with Gasteiger partial charge in [-0.05, 0) is 42.7 Å². The van der Waals surface area contributed by atoms with Crippen LogP contribution in [0.2, 0.25) is 0 Å². The highest BCUT2D eigenvalue weighted by atomic mass is 16.5. The highest BCUT2D eigenvalue weighted by molar-refractivity contribution is 5.86. The van der Waals surface area contributed by atoms with Crippen molar-refractivity contribution in [3.63, 3.8) is 0 Å². The Bertz CT molecular complexity index is 819. The summed E-state index contributed by atoms with van der Waals surface area (Å²) in [6.45, 7) is 0.495. The second kappa shape index (κ2) is 9.21. The number of pyridine rings is 1. The molecule has 1 aromatic heterocycles. The number of carbonyl (C=O) groups is 2. The van der Waals surface area contributed by atoms with Gasteiger partial charge in [0.25, 0.3) is 0 Å². The van der Waals surface area contributed by atoms with Crippen molar-refractivity contribution in [1.29, 1.82) is 0 Å². The number of nitrogens with zero attached hydrogens (tertiary/aromatic N) is 1. The third-order valence-electron chi connectivity index (χ3n) is 4.62. The third-order valence-corrected chi connectivity index (χ3v) is 4.62. The predicted octanol–water partition coefficient (Wildman–Crippen LogP) is 2.27. The lowest BCUT2D eigenvalue weighted by molar-refractivity contribution is -0.142. The number of nitrogens with one attached hydrogen (secondary N) is 2. The Labute approximate surface area is 164 Å². The molecule has 0 bridgehead atoms. The van der Waals surface area contributed by atoms with Crippen molar-refractivity contribution < 1.29 is 19.4 Å². The lowest BCUT2D eigenvalue weighted by atomic mass is 10.1. The number of benzene rings is 1. The van der Waals surface area contributed by atoms with E-state index in [-0.39, 0.29) is 18.2 Å². The van der Waals surface area contributed by atoms with Gasteiger partial charge in [-0.2, -0.15) is 0 Å². The Kier molecular flexibility index (Phi) is 6.47. The molecule has 1 atom stereocenters. The van der Waals surface area contributed by atoms with Gasteiger partial charge in [0.05, 0.1) is 6.61 Å². The Morgan fingerprint density at radius 1 is 1.21 bits per heavy atom. The van der Waals surface area contributed by atoms with E-state index in [9.17, 15) is 14.7 Å². The molecule has 1 heterocycles. The van der Waals surface area contributed by atoms with Gasteiger partial charge in [-0.25, -0.2) is 9.78 Å². The summed E-state index contributed by atoms with van der Waals surface area (Å²) in [5.74, 6) is 0.334. The van der Waals surface area contributed by atoms with Crippen LogP contribution < -0.4 is 15.4 Å². The number of carboxylic acids is 1. The summed E-state index contributed by atoms with van der Waals surface area (Å²) in [7, 11) is 1.83. The van der Waals surface area contributed by atoms with Crippen LogP contribution in [0.4, 0.5) is 5.82 Å². The van der Waals surface area contributed by atoms with Crippen molar-refractivity contribution in [2.24, 2.45) is 5.92 Å². The zero-order valence-corrected chi connectivity index (χ0v) is 15.9. The number of anilines is 1. The fourth-order valence-corrected chi connectivity index (χ4v) is 2.82. The molecule has 0 spiro atoms. The summed E-state index contributed by atoms with van der Waals surface area (Å²) < 4.78 is 5.75. The summed E-state index contributed by atoms with van der Waals surface area (Å²) in [5, 5.41) is 15.0. The number of aliphatic carboxylic acids is 1. The molecule has 28 heavy (non-hydrogen) atoms. The van der Waals surface area contributed by atoms with Gasteiger partial charge in [-0.15, -0.1) is 0 Å². The van der Waals surface area contributed by atoms with E-state index < -0.39 is 12.0 Å². The maximum Gasteiger partial charge on any atom is 0.326 e. The third kappa shape index (κ3) is 5.70. The number of aromatic nitrogens is 1. The van der Waals surface area contributed by atoms with Crippen LogP contribution >= 0.6 is 0 Å². The molecule has 3 N–H and O–H groups in total. The van der Waals surface area contributed by atoms with Crippen molar-refractivity contribution in [2.45, 2.75) is 31.7 Å². The zero-order chi connectivity index (χ0) is 19.9. The SMILES string of the molecule is CNc1cccc(CCOc2ccc(C[C@H](NC(=O)C3CC3)C(=O)O)cc2)n1. The van der Waals surface area contributed by atoms with Gasteiger partial charge in [-0.1, -0.05) is 18.2 Å². The molecule has 1 aliphatic carbocycles. The van der Waals surface area contributed by atoms with Crippen molar-refractivity contribution in [3.05, 3.63) is 53.7 Å². The Morgan fingerprint density at radius 2 is 1.96 bits per heavy atom. The van der Waals surface area contributed by atoms with Crippen LogP contribution in [0.5, 0.6) is 5.75 Å². The normalized spacial score (nSPS) is 14.2. The van der Waals surface area contributed by atoms with E-state index >= 15 is 0 Å². The van der Waals surface area contributed by atoms with Crippen molar-refractivity contribution in [1.82, 2.24) is 10.3 Å². The lowest BCUT2D eigenvalue weighted by Gasteiger charge is -2.15. The fraction of sp³-hybridized carbons (Fsp3) is 0.381. The fourth-order valence-electron chi connectivity index (χ4n) is 2.82. The number of carboxylic acid groups (broad SMARTS) is 1. The molecule has 0 aliphatic heterocycles. The number of hydrogen-bond donors (Lipinski definition) is 3. The molecule has 1 amide bonds. The number of hydrogen-bond acceptors (Lipinski definition) is 5. The molecule has 0 radical (unpaired) electrons. The molecular formula is C21H25N3O4. The van der Waals surface area contributed by atoms with E-state index in [1.165, 1.54) is 0 Å². The van der Waals surface area contributed by atoms with Crippen LogP contribution in [0.15, 0.2) is 42.5 Å². The van der Waals surface area contributed by atoms with E-state index in [0.717, 1.165) is 29.9 Å². The minimum absolute atomic E-state index is 0.0130. The van der Waals surface area contributed by atoms with Gasteiger partial charge in [0.1, 0.15) is 17.6 Å². The number of ether oxygens (including phenoxy) is 1. The maximum atomic E-state index is 11.8. The second-order valence-electron chi connectivity index (χ2n) is 6.88. The zero-order valence-electron chi connectivity index (χ0n) is 15.9. The first kappa shape index (κ1) is 19.7. The van der Waals surface area contributed by atoms with Gasteiger partial charge in [0, 0.05) is 31.5 Å². The summed E-state index contributed by atoms with van der Waals surface area (Å²) >= 11 is 0. The predicted molar refractivity (Wildman–Crippen MR) is 105 cm³/mol. The molecule has 1 aromatic carbocycles. The average Bonchev–Trinajstić information content (AvgIpc) is 3.54.